The normalized spacial score (nSPS) is 18.9. The lowest BCUT2D eigenvalue weighted by Crippen LogP contribution is -2.37. The average molecular weight is 429 g/mol. The smallest absolute Gasteiger partial charge is 0.224 e. The molecule has 1 amide bonds. The summed E-state index contributed by atoms with van der Waals surface area (Å²) in [6, 6.07) is 12.0. The maximum Gasteiger partial charge on any atom is 0.224 e. The average Bonchev–Trinajstić information content (AvgIpc) is 2.74. The Morgan fingerprint density at radius 1 is 1.27 bits per heavy atom. The number of rotatable bonds is 6. The molecular formula is C24H26ClFN2O2. The van der Waals surface area contributed by atoms with Gasteiger partial charge in [0.25, 0.3) is 0 Å². The predicted octanol–water partition coefficient (Wildman–Crippen LogP) is 5.39. The zero-order valence-corrected chi connectivity index (χ0v) is 17.6. The van der Waals surface area contributed by atoms with Crippen molar-refractivity contribution >= 4 is 29.3 Å². The lowest BCUT2D eigenvalue weighted by atomic mass is 9.92. The first kappa shape index (κ1) is 20.9. The Morgan fingerprint density at radius 3 is 3.00 bits per heavy atom. The number of halogens is 2. The molecule has 0 bridgehead atoms. The molecule has 1 fully saturated rings. The molecule has 30 heavy (non-hydrogen) atoms. The first-order chi connectivity index (χ1) is 14.6. The number of hydrogen-bond donors (Lipinski definition) is 1. The van der Waals surface area contributed by atoms with E-state index in [0.717, 1.165) is 50.2 Å². The lowest BCUT2D eigenvalue weighted by molar-refractivity contribution is -0.116. The molecule has 2 aromatic rings. The van der Waals surface area contributed by atoms with Crippen LogP contribution in [0.25, 0.3) is 6.08 Å². The number of carbonyl (C=O) groups is 1. The highest BCUT2D eigenvalue weighted by atomic mass is 35.5. The molecule has 2 aliphatic rings. The van der Waals surface area contributed by atoms with Crippen molar-refractivity contribution < 1.29 is 13.9 Å². The second kappa shape index (κ2) is 9.63. The molecule has 2 heterocycles. The third-order valence-corrected chi connectivity index (χ3v) is 5.94. The standard InChI is InChI=1S/C24H26ClFN2O2/c25-20-8-9-23-19(13-20)12-18(16-30-23)15-28-11-3-4-17(14-28)7-10-24(29)27-22-6-2-1-5-21(22)26/h1-2,5-6,8-9,12-13,17H,3-4,7,10-11,14-16H2,(H,27,29). The largest absolute Gasteiger partial charge is 0.489 e. The van der Waals surface area contributed by atoms with Gasteiger partial charge in [-0.2, -0.15) is 0 Å². The Kier molecular flexibility index (Phi) is 6.70. The summed E-state index contributed by atoms with van der Waals surface area (Å²) < 4.78 is 19.6. The number of ether oxygens (including phenoxy) is 1. The molecule has 158 valence electrons. The van der Waals surface area contributed by atoms with Crippen molar-refractivity contribution in [1.82, 2.24) is 4.90 Å². The zero-order chi connectivity index (χ0) is 20.9. The molecule has 0 radical (unpaired) electrons. The second-order valence-electron chi connectivity index (χ2n) is 8.08. The molecule has 0 aliphatic carbocycles. The molecule has 2 aromatic carbocycles. The number of anilines is 1. The highest BCUT2D eigenvalue weighted by molar-refractivity contribution is 6.30. The van der Waals surface area contributed by atoms with Gasteiger partial charge in [-0.05, 0) is 73.7 Å². The SMILES string of the molecule is O=C(CCC1CCCN(CC2=Cc3cc(Cl)ccc3OC2)C1)Nc1ccccc1F. The summed E-state index contributed by atoms with van der Waals surface area (Å²) in [4.78, 5) is 14.7. The first-order valence-corrected chi connectivity index (χ1v) is 10.8. The fourth-order valence-electron chi connectivity index (χ4n) is 4.22. The fourth-order valence-corrected chi connectivity index (χ4v) is 4.40. The van der Waals surface area contributed by atoms with Gasteiger partial charge >= 0.3 is 0 Å². The number of hydrogen-bond acceptors (Lipinski definition) is 3. The van der Waals surface area contributed by atoms with Gasteiger partial charge in [0, 0.05) is 30.1 Å². The van der Waals surface area contributed by atoms with Crippen LogP contribution in [0.15, 0.2) is 48.0 Å². The van der Waals surface area contributed by atoms with Crippen molar-refractivity contribution in [1.29, 1.82) is 0 Å². The van der Waals surface area contributed by atoms with Crippen LogP contribution in [-0.4, -0.2) is 37.0 Å². The van der Waals surface area contributed by atoms with Crippen LogP contribution in [0.2, 0.25) is 5.02 Å². The monoisotopic (exact) mass is 428 g/mol. The third-order valence-electron chi connectivity index (χ3n) is 5.70. The maximum atomic E-state index is 13.7. The summed E-state index contributed by atoms with van der Waals surface area (Å²) >= 11 is 6.11. The molecule has 1 N–H and O–H groups in total. The van der Waals surface area contributed by atoms with E-state index in [1.807, 2.05) is 18.2 Å². The molecule has 0 saturated carbocycles. The Labute approximate surface area is 181 Å². The molecule has 2 aliphatic heterocycles. The van der Waals surface area contributed by atoms with Gasteiger partial charge in [-0.1, -0.05) is 23.7 Å². The van der Waals surface area contributed by atoms with Crippen LogP contribution in [0.4, 0.5) is 10.1 Å². The van der Waals surface area contributed by atoms with Crippen LogP contribution in [0.3, 0.4) is 0 Å². The summed E-state index contributed by atoms with van der Waals surface area (Å²) in [5.41, 5.74) is 2.52. The summed E-state index contributed by atoms with van der Waals surface area (Å²) in [6.45, 7) is 3.48. The summed E-state index contributed by atoms with van der Waals surface area (Å²) in [5.74, 6) is 0.812. The van der Waals surface area contributed by atoms with E-state index < -0.39 is 5.82 Å². The van der Waals surface area contributed by atoms with Crippen LogP contribution < -0.4 is 10.1 Å². The molecule has 0 aromatic heterocycles. The van der Waals surface area contributed by atoms with Gasteiger partial charge in [0.15, 0.2) is 0 Å². The van der Waals surface area contributed by atoms with Crippen molar-refractivity contribution in [2.75, 3.05) is 31.6 Å². The molecular weight excluding hydrogens is 403 g/mol. The van der Waals surface area contributed by atoms with Gasteiger partial charge in [-0.3, -0.25) is 9.69 Å². The quantitative estimate of drug-likeness (QED) is 0.671. The van der Waals surface area contributed by atoms with Crippen molar-refractivity contribution in [3.8, 4) is 5.75 Å². The molecule has 1 atom stereocenters. The Balaban J connectivity index is 1.27. The van der Waals surface area contributed by atoms with E-state index in [1.54, 1.807) is 18.2 Å². The number of carbonyl (C=O) groups excluding carboxylic acids is 1. The molecule has 1 saturated heterocycles. The van der Waals surface area contributed by atoms with E-state index in [9.17, 15) is 9.18 Å². The van der Waals surface area contributed by atoms with Crippen molar-refractivity contribution in [2.45, 2.75) is 25.7 Å². The Hall–Kier alpha value is -2.37. The number of nitrogens with zero attached hydrogens (tertiary/aromatic N) is 1. The predicted molar refractivity (Wildman–Crippen MR) is 118 cm³/mol. The molecule has 6 heteroatoms. The van der Waals surface area contributed by atoms with E-state index in [0.29, 0.717) is 24.0 Å². The van der Waals surface area contributed by atoms with Gasteiger partial charge in [0.05, 0.1) is 5.69 Å². The third kappa shape index (κ3) is 5.41. The van der Waals surface area contributed by atoms with Crippen LogP contribution in [0.1, 0.15) is 31.2 Å². The molecule has 0 spiro atoms. The van der Waals surface area contributed by atoms with Crippen molar-refractivity contribution in [3.63, 3.8) is 0 Å². The minimum atomic E-state index is -0.402. The molecule has 1 unspecified atom stereocenters. The number of para-hydroxylation sites is 1. The number of fused-ring (bicyclic) bond motifs is 1. The Bertz CT molecular complexity index is 947. The van der Waals surface area contributed by atoms with Crippen LogP contribution in [0, 0.1) is 11.7 Å². The highest BCUT2D eigenvalue weighted by Gasteiger charge is 2.22. The minimum absolute atomic E-state index is 0.130. The van der Waals surface area contributed by atoms with Gasteiger partial charge in [0.2, 0.25) is 5.91 Å². The van der Waals surface area contributed by atoms with E-state index in [-0.39, 0.29) is 11.6 Å². The number of amides is 1. The van der Waals surface area contributed by atoms with Crippen molar-refractivity contribution in [2.24, 2.45) is 5.92 Å². The van der Waals surface area contributed by atoms with Crippen LogP contribution in [-0.2, 0) is 4.79 Å². The van der Waals surface area contributed by atoms with Crippen LogP contribution >= 0.6 is 11.6 Å². The number of benzene rings is 2. The van der Waals surface area contributed by atoms with Gasteiger partial charge in [-0.25, -0.2) is 4.39 Å². The second-order valence-corrected chi connectivity index (χ2v) is 8.52. The summed E-state index contributed by atoms with van der Waals surface area (Å²) in [5, 5.41) is 3.39. The summed E-state index contributed by atoms with van der Waals surface area (Å²) in [7, 11) is 0. The highest BCUT2D eigenvalue weighted by Crippen LogP contribution is 2.30. The molecule has 4 nitrogen and oxygen atoms in total. The summed E-state index contributed by atoms with van der Waals surface area (Å²) in [6.07, 6.45) is 5.64. The van der Waals surface area contributed by atoms with E-state index in [1.165, 1.54) is 11.6 Å². The lowest BCUT2D eigenvalue weighted by Gasteiger charge is -2.34. The fraction of sp³-hybridized carbons (Fsp3) is 0.375. The molecule has 4 rings (SSSR count). The Morgan fingerprint density at radius 2 is 2.13 bits per heavy atom. The van der Waals surface area contributed by atoms with E-state index in [4.69, 9.17) is 16.3 Å². The van der Waals surface area contributed by atoms with Crippen molar-refractivity contribution in [3.05, 3.63) is 64.4 Å². The zero-order valence-electron chi connectivity index (χ0n) is 16.9. The minimum Gasteiger partial charge on any atom is -0.489 e. The topological polar surface area (TPSA) is 41.6 Å². The van der Waals surface area contributed by atoms with E-state index >= 15 is 0 Å². The van der Waals surface area contributed by atoms with Gasteiger partial charge in [0.1, 0.15) is 18.2 Å². The first-order valence-electron chi connectivity index (χ1n) is 10.5. The van der Waals surface area contributed by atoms with Crippen LogP contribution in [0.5, 0.6) is 5.75 Å². The van der Waals surface area contributed by atoms with Gasteiger partial charge in [-0.15, -0.1) is 0 Å². The number of likely N-dealkylation sites (tertiary alicyclic amines) is 1. The number of nitrogens with one attached hydrogen (secondary N) is 1. The van der Waals surface area contributed by atoms with Gasteiger partial charge < -0.3 is 10.1 Å². The maximum absolute atomic E-state index is 13.7. The van der Waals surface area contributed by atoms with E-state index in [2.05, 4.69) is 16.3 Å². The number of piperidine rings is 1.